The zero-order valence-electron chi connectivity index (χ0n) is 16.8. The van der Waals surface area contributed by atoms with E-state index in [0.717, 1.165) is 13.0 Å². The Morgan fingerprint density at radius 3 is 2.50 bits per heavy atom. The molecule has 10 nitrogen and oxygen atoms in total. The molecule has 1 aromatic carbocycles. The van der Waals surface area contributed by atoms with E-state index in [1.165, 1.54) is 26.0 Å². The van der Waals surface area contributed by atoms with E-state index in [2.05, 4.69) is 14.3 Å². The summed E-state index contributed by atoms with van der Waals surface area (Å²) in [6.45, 7) is 3.22. The Kier molecular flexibility index (Phi) is 7.78. The van der Waals surface area contributed by atoms with Crippen LogP contribution >= 0.6 is 11.6 Å². The average Bonchev–Trinajstić information content (AvgIpc) is 2.64. The van der Waals surface area contributed by atoms with Crippen molar-refractivity contribution < 1.29 is 51.6 Å². The molecule has 1 heterocycles. The number of esters is 1. The zero-order valence-corrected chi connectivity index (χ0v) is 17.6. The molecule has 0 radical (unpaired) electrons. The van der Waals surface area contributed by atoms with Crippen LogP contribution in [0.2, 0.25) is 5.02 Å². The van der Waals surface area contributed by atoms with Gasteiger partial charge in [0, 0.05) is 17.5 Å². The van der Waals surface area contributed by atoms with E-state index in [1.807, 2.05) is 0 Å². The van der Waals surface area contributed by atoms with Crippen molar-refractivity contribution in [2.24, 2.45) is 0 Å². The topological polar surface area (TPSA) is 123 Å². The Balaban J connectivity index is 2.11. The second kappa shape index (κ2) is 9.94. The fourth-order valence-corrected chi connectivity index (χ4v) is 2.91. The van der Waals surface area contributed by atoms with Crippen LogP contribution in [0.25, 0.3) is 6.08 Å². The summed E-state index contributed by atoms with van der Waals surface area (Å²) in [5.74, 6) is -1.55. The number of benzene rings is 1. The van der Waals surface area contributed by atoms with Gasteiger partial charge in [0.2, 0.25) is 12.4 Å². The number of halogens is 4. The van der Waals surface area contributed by atoms with E-state index < -0.39 is 54.1 Å². The van der Waals surface area contributed by atoms with Crippen LogP contribution in [0.15, 0.2) is 17.7 Å². The number of fused-ring (bicyclic) bond motifs is 1. The lowest BCUT2D eigenvalue weighted by molar-refractivity contribution is -0.759. The van der Waals surface area contributed by atoms with Crippen molar-refractivity contribution in [1.29, 1.82) is 0 Å². The monoisotopic (exact) mass is 483 g/mol. The van der Waals surface area contributed by atoms with Crippen LogP contribution in [0.1, 0.15) is 25.0 Å². The number of carbonyl (C=O) groups is 2. The van der Waals surface area contributed by atoms with Crippen molar-refractivity contribution in [1.82, 2.24) is 0 Å². The first-order valence-corrected chi connectivity index (χ1v) is 9.26. The second-order valence-electron chi connectivity index (χ2n) is 6.57. The summed E-state index contributed by atoms with van der Waals surface area (Å²) >= 11 is 5.92. The number of rotatable bonds is 7. The SMILES string of the molecule is Cc1cc(Cl)cc2c1OC(C(F)(F)F)C(C(=O)OC(C)OC(=O)O[C@@H](C)CO[N+](=O)[O-])=C2. The van der Waals surface area contributed by atoms with Crippen LogP contribution in [0.5, 0.6) is 5.75 Å². The van der Waals surface area contributed by atoms with Crippen LogP contribution in [0, 0.1) is 17.0 Å². The molecule has 3 atom stereocenters. The van der Waals surface area contributed by atoms with Crippen molar-refractivity contribution in [3.63, 3.8) is 0 Å². The molecule has 0 spiro atoms. The second-order valence-corrected chi connectivity index (χ2v) is 7.01. The molecule has 1 aromatic rings. The Bertz CT molecular complexity index is 935. The van der Waals surface area contributed by atoms with Gasteiger partial charge in [-0.1, -0.05) is 11.6 Å². The number of hydrogen-bond donors (Lipinski definition) is 0. The van der Waals surface area contributed by atoms with E-state index >= 15 is 0 Å². The van der Waals surface area contributed by atoms with Crippen molar-refractivity contribution in [3.05, 3.63) is 44.0 Å². The summed E-state index contributed by atoms with van der Waals surface area (Å²) in [6, 6.07) is 2.72. The van der Waals surface area contributed by atoms with Gasteiger partial charge in [-0.25, -0.2) is 9.59 Å². The first kappa shape index (κ1) is 25.0. The van der Waals surface area contributed by atoms with Crippen molar-refractivity contribution in [3.8, 4) is 5.75 Å². The number of carbonyl (C=O) groups excluding carboxylic acids is 2. The number of nitrogens with zero attached hydrogens (tertiary/aromatic N) is 1. The summed E-state index contributed by atoms with van der Waals surface area (Å²) in [7, 11) is 0. The molecule has 32 heavy (non-hydrogen) atoms. The smallest absolute Gasteiger partial charge is 0.475 e. The van der Waals surface area contributed by atoms with Gasteiger partial charge >= 0.3 is 18.3 Å². The molecule has 1 aliphatic rings. The Labute approximate surface area is 183 Å². The van der Waals surface area contributed by atoms with Gasteiger partial charge in [0.15, 0.2) is 0 Å². The number of aryl methyl sites for hydroxylation is 1. The van der Waals surface area contributed by atoms with Gasteiger partial charge in [0.1, 0.15) is 18.5 Å². The molecule has 0 bridgehead atoms. The van der Waals surface area contributed by atoms with Crippen LogP contribution < -0.4 is 4.74 Å². The molecular weight excluding hydrogens is 467 g/mol. The minimum atomic E-state index is -4.95. The van der Waals surface area contributed by atoms with E-state index in [-0.39, 0.29) is 16.3 Å². The Morgan fingerprint density at radius 1 is 1.25 bits per heavy atom. The predicted molar refractivity (Wildman–Crippen MR) is 100 cm³/mol. The molecule has 14 heteroatoms. The van der Waals surface area contributed by atoms with E-state index in [0.29, 0.717) is 5.56 Å². The van der Waals surface area contributed by atoms with Gasteiger partial charge in [-0.3, -0.25) is 0 Å². The third-order valence-corrected chi connectivity index (χ3v) is 4.10. The van der Waals surface area contributed by atoms with E-state index in [4.69, 9.17) is 21.1 Å². The summed E-state index contributed by atoms with van der Waals surface area (Å²) in [5, 5.41) is 9.22. The quantitative estimate of drug-likeness (QED) is 0.245. The highest BCUT2D eigenvalue weighted by Gasteiger charge is 2.49. The van der Waals surface area contributed by atoms with Crippen LogP contribution in [-0.2, 0) is 23.8 Å². The van der Waals surface area contributed by atoms with E-state index in [1.54, 1.807) is 0 Å². The Morgan fingerprint density at radius 2 is 1.91 bits per heavy atom. The number of hydrogen-bond acceptors (Lipinski definition) is 9. The van der Waals surface area contributed by atoms with Crippen LogP contribution in [0.3, 0.4) is 0 Å². The van der Waals surface area contributed by atoms with Gasteiger partial charge in [-0.05, 0) is 37.6 Å². The largest absolute Gasteiger partial charge is 0.511 e. The number of alkyl halides is 3. The standard InChI is InChI=1S/C18H17ClF3NO9/c1-8-4-12(19)5-11-6-13(15(18(20,21)22)32-14(8)11)16(24)30-10(3)31-17(25)29-9(2)7-28-23(26)27/h4-6,9-10,15H,7H2,1-3H3/t9-,10?,15?/m0/s1. The van der Waals surface area contributed by atoms with Gasteiger partial charge in [0.05, 0.1) is 5.57 Å². The summed E-state index contributed by atoms with van der Waals surface area (Å²) in [4.78, 5) is 38.1. The highest BCUT2D eigenvalue weighted by molar-refractivity contribution is 6.30. The molecule has 0 fully saturated rings. The summed E-state index contributed by atoms with van der Waals surface area (Å²) in [6.07, 6.45) is -10.8. The third kappa shape index (κ3) is 6.64. The lowest BCUT2D eigenvalue weighted by atomic mass is 9.99. The molecule has 0 aromatic heterocycles. The van der Waals surface area contributed by atoms with Gasteiger partial charge in [-0.2, -0.15) is 13.2 Å². The first-order chi connectivity index (χ1) is 14.8. The summed E-state index contributed by atoms with van der Waals surface area (Å²) < 4.78 is 59.6. The van der Waals surface area contributed by atoms with Gasteiger partial charge < -0.3 is 23.8 Å². The fraction of sp³-hybridized carbons (Fsp3) is 0.444. The third-order valence-electron chi connectivity index (χ3n) is 3.88. The minimum Gasteiger partial charge on any atom is -0.475 e. The number of ether oxygens (including phenoxy) is 4. The minimum absolute atomic E-state index is 0.0907. The molecular formula is C18H17ClF3NO9. The predicted octanol–water partition coefficient (Wildman–Crippen LogP) is 3.99. The molecule has 2 unspecified atom stereocenters. The zero-order chi connectivity index (χ0) is 24.2. The Hall–Kier alpha value is -3.22. The van der Waals surface area contributed by atoms with Crippen molar-refractivity contribution in [2.45, 2.75) is 45.4 Å². The first-order valence-electron chi connectivity index (χ1n) is 8.88. The average molecular weight is 484 g/mol. The summed E-state index contributed by atoms with van der Waals surface area (Å²) in [5.41, 5.74) is -0.418. The molecule has 176 valence electrons. The van der Waals surface area contributed by atoms with Crippen LogP contribution in [-0.4, -0.2) is 48.5 Å². The molecule has 1 aliphatic heterocycles. The van der Waals surface area contributed by atoms with Crippen LogP contribution in [0.4, 0.5) is 18.0 Å². The lowest BCUT2D eigenvalue weighted by Gasteiger charge is -2.29. The highest BCUT2D eigenvalue weighted by Crippen LogP contribution is 2.40. The van der Waals surface area contributed by atoms with Crippen molar-refractivity contribution in [2.75, 3.05) is 6.61 Å². The molecule has 0 aliphatic carbocycles. The maximum atomic E-state index is 13.5. The molecule has 0 saturated carbocycles. The normalized spacial score (nSPS) is 17.1. The molecule has 0 N–H and O–H groups in total. The molecule has 2 rings (SSSR count). The van der Waals surface area contributed by atoms with Crippen molar-refractivity contribution >= 4 is 29.8 Å². The lowest BCUT2D eigenvalue weighted by Crippen LogP contribution is -2.41. The maximum Gasteiger partial charge on any atom is 0.511 e. The highest BCUT2D eigenvalue weighted by atomic mass is 35.5. The maximum absolute atomic E-state index is 13.5. The fourth-order valence-electron chi connectivity index (χ4n) is 2.63. The van der Waals surface area contributed by atoms with Gasteiger partial charge in [0.25, 0.3) is 5.09 Å². The molecule has 0 amide bonds. The van der Waals surface area contributed by atoms with Gasteiger partial charge in [-0.15, -0.1) is 10.1 Å². The molecule has 0 saturated heterocycles. The van der Waals surface area contributed by atoms with E-state index in [9.17, 15) is 32.9 Å².